The largest absolute Gasteiger partial charge is 0.427 e. The molecule has 45 heavy (non-hydrogen) atoms. The Balaban J connectivity index is 1.45. The molecule has 8 heteroatoms. The third-order valence-corrected chi connectivity index (χ3v) is 7.05. The Kier molecular flexibility index (Phi) is 13.9. The number of unbranched alkanes of at least 4 members (excludes halogenated alkanes) is 4. The Morgan fingerprint density at radius 2 is 1.22 bits per heavy atom. The summed E-state index contributed by atoms with van der Waals surface area (Å²) in [5, 5.41) is 0. The van der Waals surface area contributed by atoms with Crippen LogP contribution in [-0.2, 0) is 20.8 Å². The van der Waals surface area contributed by atoms with Crippen molar-refractivity contribution in [1.82, 2.24) is 0 Å². The standard InChI is InChI=1S/C37H40O8/c1-4-6-12-35(40)43-31-19-15-28(16-20-31)33(39)25-27-14-23-34(26(3)24-27)45-37(42)29-17-21-32(22-18-29)44-36(41)13-10-8-7-9-11-30(38)5-2/h5,14-24H,2,4,6-13,25H2,1,3H3. The lowest BCUT2D eigenvalue weighted by Gasteiger charge is -2.10. The average Bonchev–Trinajstić information content (AvgIpc) is 3.03. The lowest BCUT2D eigenvalue weighted by atomic mass is 10.0. The fourth-order valence-corrected chi connectivity index (χ4v) is 4.46. The van der Waals surface area contributed by atoms with Gasteiger partial charge in [0.1, 0.15) is 17.2 Å². The van der Waals surface area contributed by atoms with Gasteiger partial charge in [-0.3, -0.25) is 19.2 Å². The van der Waals surface area contributed by atoms with Gasteiger partial charge in [0, 0.05) is 31.2 Å². The maximum Gasteiger partial charge on any atom is 0.343 e. The molecule has 0 N–H and O–H groups in total. The number of hydrogen-bond donors (Lipinski definition) is 0. The fourth-order valence-electron chi connectivity index (χ4n) is 4.46. The van der Waals surface area contributed by atoms with Crippen LogP contribution in [0.5, 0.6) is 17.2 Å². The Morgan fingerprint density at radius 1 is 0.667 bits per heavy atom. The van der Waals surface area contributed by atoms with Gasteiger partial charge in [0.05, 0.1) is 5.56 Å². The van der Waals surface area contributed by atoms with E-state index in [1.54, 1.807) is 61.5 Å². The first-order chi connectivity index (χ1) is 21.7. The number of rotatable bonds is 18. The van der Waals surface area contributed by atoms with Crippen LogP contribution in [0.2, 0.25) is 0 Å². The molecule has 0 aromatic heterocycles. The zero-order chi connectivity index (χ0) is 32.6. The van der Waals surface area contributed by atoms with E-state index in [2.05, 4.69) is 6.58 Å². The molecule has 0 atom stereocenters. The Labute approximate surface area is 264 Å². The van der Waals surface area contributed by atoms with Crippen molar-refractivity contribution < 1.29 is 38.2 Å². The number of Topliss-reactive ketones (excluding diaryl/α,β-unsaturated/α-hetero) is 1. The lowest BCUT2D eigenvalue weighted by molar-refractivity contribution is -0.135. The van der Waals surface area contributed by atoms with Crippen LogP contribution >= 0.6 is 0 Å². The van der Waals surface area contributed by atoms with Crippen molar-refractivity contribution >= 4 is 29.5 Å². The van der Waals surface area contributed by atoms with Crippen molar-refractivity contribution in [2.45, 2.75) is 78.1 Å². The van der Waals surface area contributed by atoms with Crippen molar-refractivity contribution in [3.63, 3.8) is 0 Å². The van der Waals surface area contributed by atoms with Gasteiger partial charge in [0.2, 0.25) is 0 Å². The molecule has 3 aromatic rings. The second-order valence-electron chi connectivity index (χ2n) is 10.8. The molecule has 0 fully saturated rings. The number of allylic oxidation sites excluding steroid dienone is 1. The number of carbonyl (C=O) groups is 5. The van der Waals surface area contributed by atoms with Crippen LogP contribution in [0.1, 0.15) is 96.6 Å². The molecule has 0 amide bonds. The van der Waals surface area contributed by atoms with Gasteiger partial charge in [-0.1, -0.05) is 44.9 Å². The van der Waals surface area contributed by atoms with Gasteiger partial charge in [-0.2, -0.15) is 0 Å². The van der Waals surface area contributed by atoms with E-state index in [4.69, 9.17) is 14.2 Å². The normalized spacial score (nSPS) is 10.5. The summed E-state index contributed by atoms with van der Waals surface area (Å²) in [5.41, 5.74) is 2.25. The highest BCUT2D eigenvalue weighted by atomic mass is 16.5. The van der Waals surface area contributed by atoms with E-state index < -0.39 is 5.97 Å². The number of carbonyl (C=O) groups excluding carboxylic acids is 5. The molecule has 3 rings (SSSR count). The minimum absolute atomic E-state index is 0.0302. The number of aryl methyl sites for hydroxylation is 1. The van der Waals surface area contributed by atoms with E-state index in [0.29, 0.717) is 53.2 Å². The molecule has 8 nitrogen and oxygen atoms in total. The number of ether oxygens (including phenoxy) is 3. The van der Waals surface area contributed by atoms with Crippen molar-refractivity contribution in [3.05, 3.63) is 102 Å². The molecular weight excluding hydrogens is 572 g/mol. The Bertz CT molecular complexity index is 1490. The minimum atomic E-state index is -0.565. The van der Waals surface area contributed by atoms with Gasteiger partial charge in [-0.25, -0.2) is 4.79 Å². The SMILES string of the molecule is C=CC(=O)CCCCCCC(=O)Oc1ccc(C(=O)Oc2ccc(CC(=O)c3ccc(OC(=O)CCCC)cc3)cc2C)cc1. The summed E-state index contributed by atoms with van der Waals surface area (Å²) in [5.74, 6) is -0.172. The van der Waals surface area contributed by atoms with Crippen LogP contribution in [0.15, 0.2) is 79.4 Å². The highest BCUT2D eigenvalue weighted by Crippen LogP contribution is 2.23. The highest BCUT2D eigenvalue weighted by Gasteiger charge is 2.14. The molecule has 0 saturated heterocycles. The molecular formula is C37H40O8. The quantitative estimate of drug-likeness (QED) is 0.0471. The molecule has 0 heterocycles. The number of ketones is 2. The van der Waals surface area contributed by atoms with Crippen LogP contribution in [0.25, 0.3) is 0 Å². The number of hydrogen-bond acceptors (Lipinski definition) is 8. The van der Waals surface area contributed by atoms with Crippen LogP contribution < -0.4 is 14.2 Å². The van der Waals surface area contributed by atoms with E-state index in [1.807, 2.05) is 6.92 Å². The summed E-state index contributed by atoms with van der Waals surface area (Å²) >= 11 is 0. The second kappa shape index (κ2) is 18.1. The molecule has 0 radical (unpaired) electrons. The summed E-state index contributed by atoms with van der Waals surface area (Å²) in [4.78, 5) is 60.7. The summed E-state index contributed by atoms with van der Waals surface area (Å²) in [6.45, 7) is 7.25. The molecule has 0 aliphatic rings. The monoisotopic (exact) mass is 612 g/mol. The Morgan fingerprint density at radius 3 is 1.78 bits per heavy atom. The van der Waals surface area contributed by atoms with Crippen LogP contribution in [0.3, 0.4) is 0 Å². The van der Waals surface area contributed by atoms with Gasteiger partial charge in [-0.15, -0.1) is 0 Å². The zero-order valence-corrected chi connectivity index (χ0v) is 26.0. The summed E-state index contributed by atoms with van der Waals surface area (Å²) < 4.78 is 16.2. The van der Waals surface area contributed by atoms with E-state index >= 15 is 0 Å². The van der Waals surface area contributed by atoms with Crippen molar-refractivity contribution in [2.24, 2.45) is 0 Å². The number of benzene rings is 3. The van der Waals surface area contributed by atoms with Crippen molar-refractivity contribution in [1.29, 1.82) is 0 Å². The van der Waals surface area contributed by atoms with Crippen molar-refractivity contribution in [2.75, 3.05) is 0 Å². The third-order valence-electron chi connectivity index (χ3n) is 7.05. The van der Waals surface area contributed by atoms with Gasteiger partial charge < -0.3 is 14.2 Å². The minimum Gasteiger partial charge on any atom is -0.427 e. The lowest BCUT2D eigenvalue weighted by Crippen LogP contribution is -2.11. The van der Waals surface area contributed by atoms with Gasteiger partial charge in [0.15, 0.2) is 11.6 Å². The van der Waals surface area contributed by atoms with E-state index in [0.717, 1.165) is 37.7 Å². The predicted octanol–water partition coefficient (Wildman–Crippen LogP) is 7.74. The first-order valence-electron chi connectivity index (χ1n) is 15.3. The van der Waals surface area contributed by atoms with Gasteiger partial charge in [-0.05, 0) is 98.0 Å². The molecule has 0 aliphatic heterocycles. The van der Waals surface area contributed by atoms with Crippen LogP contribution in [0.4, 0.5) is 0 Å². The van der Waals surface area contributed by atoms with E-state index in [9.17, 15) is 24.0 Å². The molecule has 0 saturated carbocycles. The summed E-state index contributed by atoms with van der Waals surface area (Å²) in [6.07, 6.45) is 7.39. The smallest absolute Gasteiger partial charge is 0.343 e. The summed E-state index contributed by atoms with van der Waals surface area (Å²) in [6, 6.07) is 17.8. The third kappa shape index (κ3) is 12.0. The van der Waals surface area contributed by atoms with Crippen molar-refractivity contribution in [3.8, 4) is 17.2 Å². The second-order valence-corrected chi connectivity index (χ2v) is 10.8. The zero-order valence-electron chi connectivity index (χ0n) is 26.0. The van der Waals surface area contributed by atoms with Crippen LogP contribution in [0, 0.1) is 6.92 Å². The van der Waals surface area contributed by atoms with Crippen LogP contribution in [-0.4, -0.2) is 29.5 Å². The fraction of sp³-hybridized carbons (Fsp3) is 0.324. The predicted molar refractivity (Wildman–Crippen MR) is 171 cm³/mol. The molecule has 0 aliphatic carbocycles. The molecule has 3 aromatic carbocycles. The maximum absolute atomic E-state index is 12.8. The first-order valence-corrected chi connectivity index (χ1v) is 15.3. The maximum atomic E-state index is 12.8. The molecule has 0 bridgehead atoms. The first kappa shape index (κ1) is 34.6. The topological polar surface area (TPSA) is 113 Å². The molecule has 0 spiro atoms. The molecule has 236 valence electrons. The summed E-state index contributed by atoms with van der Waals surface area (Å²) in [7, 11) is 0. The molecule has 0 unspecified atom stereocenters. The van der Waals surface area contributed by atoms with E-state index in [1.165, 1.54) is 18.2 Å². The average molecular weight is 613 g/mol. The van der Waals surface area contributed by atoms with Gasteiger partial charge in [0.25, 0.3) is 0 Å². The van der Waals surface area contributed by atoms with E-state index in [-0.39, 0.29) is 36.3 Å². The highest BCUT2D eigenvalue weighted by molar-refractivity contribution is 5.97. The Hall–Kier alpha value is -4.85. The van der Waals surface area contributed by atoms with Gasteiger partial charge >= 0.3 is 17.9 Å². The number of esters is 3.